The van der Waals surface area contributed by atoms with E-state index in [0.717, 1.165) is 55.9 Å². The quantitative estimate of drug-likeness (QED) is 0.813. The van der Waals surface area contributed by atoms with Crippen LogP contribution in [0.4, 0.5) is 5.13 Å². The molecular weight excluding hydrogens is 262 g/mol. The van der Waals surface area contributed by atoms with Gasteiger partial charge in [-0.25, -0.2) is 4.98 Å². The van der Waals surface area contributed by atoms with Crippen LogP contribution < -0.4 is 5.32 Å². The van der Waals surface area contributed by atoms with E-state index in [1.807, 2.05) is 0 Å². The first kappa shape index (κ1) is 14.2. The fourth-order valence-corrected chi connectivity index (χ4v) is 3.25. The Balaban J connectivity index is 2.02. The summed E-state index contributed by atoms with van der Waals surface area (Å²) in [6.45, 7) is 2.10. The summed E-state index contributed by atoms with van der Waals surface area (Å²) in [5.41, 5.74) is 0. The Morgan fingerprint density at radius 3 is 2.95 bits per heavy atom. The van der Waals surface area contributed by atoms with Crippen molar-refractivity contribution >= 4 is 22.6 Å². The maximum atomic E-state index is 11.3. The van der Waals surface area contributed by atoms with Gasteiger partial charge in [0.2, 0.25) is 5.13 Å². The molecule has 6 heteroatoms. The standard InChI is InChI=1S/C13H21N3O2S/c1-2-6-11-15-13(19-16-11)14-10-8-5-3-4-7-9(10)12(17)18/h9-10H,2-8H2,1H3,(H,17,18)(H,14,15,16). The third-order valence-electron chi connectivity index (χ3n) is 3.58. The number of nitrogens with one attached hydrogen (secondary N) is 1. The summed E-state index contributed by atoms with van der Waals surface area (Å²) in [6, 6.07) is -0.0116. The Hall–Kier alpha value is -1.17. The normalized spacial score (nSPS) is 23.8. The third-order valence-corrected chi connectivity index (χ3v) is 4.27. The van der Waals surface area contributed by atoms with E-state index < -0.39 is 5.97 Å². The minimum absolute atomic E-state index is 0.0116. The van der Waals surface area contributed by atoms with Crippen LogP contribution in [0.5, 0.6) is 0 Å². The van der Waals surface area contributed by atoms with Crippen LogP contribution in [0.3, 0.4) is 0 Å². The molecule has 106 valence electrons. The van der Waals surface area contributed by atoms with Gasteiger partial charge in [-0.05, 0) is 19.3 Å². The van der Waals surface area contributed by atoms with Crippen LogP contribution in [0.15, 0.2) is 0 Å². The summed E-state index contributed by atoms with van der Waals surface area (Å²) in [5, 5.41) is 13.4. The number of carboxylic acid groups (broad SMARTS) is 1. The molecule has 2 atom stereocenters. The van der Waals surface area contributed by atoms with Gasteiger partial charge in [-0.1, -0.05) is 26.2 Å². The molecule has 1 fully saturated rings. The highest BCUT2D eigenvalue weighted by Crippen LogP contribution is 2.27. The van der Waals surface area contributed by atoms with Crippen molar-refractivity contribution in [2.75, 3.05) is 5.32 Å². The number of hydrogen-bond acceptors (Lipinski definition) is 5. The fourth-order valence-electron chi connectivity index (χ4n) is 2.57. The first-order valence-electron chi connectivity index (χ1n) is 7.02. The van der Waals surface area contributed by atoms with Crippen LogP contribution in [-0.4, -0.2) is 26.5 Å². The fraction of sp³-hybridized carbons (Fsp3) is 0.769. The predicted molar refractivity (Wildman–Crippen MR) is 75.5 cm³/mol. The number of carbonyl (C=O) groups is 1. The van der Waals surface area contributed by atoms with Gasteiger partial charge in [-0.15, -0.1) is 0 Å². The van der Waals surface area contributed by atoms with E-state index in [0.29, 0.717) is 0 Å². The van der Waals surface area contributed by atoms with Gasteiger partial charge in [-0.2, -0.15) is 4.37 Å². The Morgan fingerprint density at radius 1 is 1.42 bits per heavy atom. The maximum Gasteiger partial charge on any atom is 0.308 e. The summed E-state index contributed by atoms with van der Waals surface area (Å²) >= 11 is 1.34. The lowest BCUT2D eigenvalue weighted by Gasteiger charge is -2.22. The molecule has 2 N–H and O–H groups in total. The van der Waals surface area contributed by atoms with E-state index in [1.165, 1.54) is 11.5 Å². The van der Waals surface area contributed by atoms with E-state index in [9.17, 15) is 9.90 Å². The van der Waals surface area contributed by atoms with Crippen molar-refractivity contribution in [2.45, 2.75) is 57.9 Å². The molecule has 1 saturated carbocycles. The van der Waals surface area contributed by atoms with Crippen LogP contribution in [0, 0.1) is 5.92 Å². The molecule has 0 radical (unpaired) electrons. The van der Waals surface area contributed by atoms with Gasteiger partial charge in [0.25, 0.3) is 0 Å². The van der Waals surface area contributed by atoms with Gasteiger partial charge < -0.3 is 10.4 Å². The van der Waals surface area contributed by atoms with Gasteiger partial charge in [-0.3, -0.25) is 4.79 Å². The van der Waals surface area contributed by atoms with Crippen molar-refractivity contribution in [3.63, 3.8) is 0 Å². The monoisotopic (exact) mass is 283 g/mol. The largest absolute Gasteiger partial charge is 0.481 e. The molecule has 2 unspecified atom stereocenters. The van der Waals surface area contributed by atoms with Crippen molar-refractivity contribution in [3.8, 4) is 0 Å². The molecule has 0 aromatic carbocycles. The molecule has 2 rings (SSSR count). The van der Waals surface area contributed by atoms with Crippen molar-refractivity contribution in [3.05, 3.63) is 5.82 Å². The molecule has 1 heterocycles. The average Bonchev–Trinajstić information content (AvgIpc) is 2.67. The number of aliphatic carboxylic acids is 1. The SMILES string of the molecule is CCCc1nsc(NC2CCCCCC2C(=O)O)n1. The van der Waals surface area contributed by atoms with Crippen molar-refractivity contribution in [1.82, 2.24) is 9.36 Å². The first-order valence-corrected chi connectivity index (χ1v) is 7.80. The van der Waals surface area contributed by atoms with E-state index in [2.05, 4.69) is 21.6 Å². The number of nitrogens with zero attached hydrogens (tertiary/aromatic N) is 2. The lowest BCUT2D eigenvalue weighted by Crippen LogP contribution is -2.33. The molecule has 0 amide bonds. The van der Waals surface area contributed by atoms with E-state index >= 15 is 0 Å². The van der Waals surface area contributed by atoms with Crippen LogP contribution in [0.25, 0.3) is 0 Å². The molecule has 1 aliphatic carbocycles. The second-order valence-electron chi connectivity index (χ2n) is 5.10. The van der Waals surface area contributed by atoms with Crippen molar-refractivity contribution < 1.29 is 9.90 Å². The summed E-state index contributed by atoms with van der Waals surface area (Å²) in [4.78, 5) is 15.8. The summed E-state index contributed by atoms with van der Waals surface area (Å²) in [7, 11) is 0. The lowest BCUT2D eigenvalue weighted by atomic mass is 9.95. The van der Waals surface area contributed by atoms with Gasteiger partial charge in [0.05, 0.1) is 5.92 Å². The summed E-state index contributed by atoms with van der Waals surface area (Å²) in [5.74, 6) is -0.144. The highest BCUT2D eigenvalue weighted by Gasteiger charge is 2.30. The second kappa shape index (κ2) is 6.84. The van der Waals surface area contributed by atoms with Crippen molar-refractivity contribution in [2.24, 2.45) is 5.92 Å². The highest BCUT2D eigenvalue weighted by atomic mass is 32.1. The molecular formula is C13H21N3O2S. The lowest BCUT2D eigenvalue weighted by molar-refractivity contribution is -0.142. The molecule has 1 aliphatic rings. The zero-order valence-corrected chi connectivity index (χ0v) is 12.1. The van der Waals surface area contributed by atoms with Gasteiger partial charge in [0.15, 0.2) is 0 Å². The number of aryl methyl sites for hydroxylation is 1. The van der Waals surface area contributed by atoms with Gasteiger partial charge in [0, 0.05) is 24.0 Å². The Kier molecular flexibility index (Phi) is 5.13. The number of aromatic nitrogens is 2. The zero-order chi connectivity index (χ0) is 13.7. The van der Waals surface area contributed by atoms with Crippen LogP contribution in [-0.2, 0) is 11.2 Å². The molecule has 0 spiro atoms. The van der Waals surface area contributed by atoms with E-state index in [-0.39, 0.29) is 12.0 Å². The minimum Gasteiger partial charge on any atom is -0.481 e. The number of hydrogen-bond donors (Lipinski definition) is 2. The van der Waals surface area contributed by atoms with E-state index in [1.54, 1.807) is 0 Å². The zero-order valence-electron chi connectivity index (χ0n) is 11.3. The summed E-state index contributed by atoms with van der Waals surface area (Å²) in [6.07, 6.45) is 6.78. The topological polar surface area (TPSA) is 75.1 Å². The Morgan fingerprint density at radius 2 is 2.21 bits per heavy atom. The van der Waals surface area contributed by atoms with Crippen LogP contribution in [0.1, 0.15) is 51.3 Å². The first-order chi connectivity index (χ1) is 9.20. The molecule has 5 nitrogen and oxygen atoms in total. The molecule has 0 saturated heterocycles. The second-order valence-corrected chi connectivity index (χ2v) is 5.85. The Bertz CT molecular complexity index is 422. The molecule has 1 aromatic heterocycles. The number of rotatable bonds is 5. The summed E-state index contributed by atoms with van der Waals surface area (Å²) < 4.78 is 4.29. The average molecular weight is 283 g/mol. The smallest absolute Gasteiger partial charge is 0.308 e. The van der Waals surface area contributed by atoms with Crippen LogP contribution in [0.2, 0.25) is 0 Å². The Labute approximate surface area is 117 Å². The third kappa shape index (κ3) is 3.89. The minimum atomic E-state index is -0.697. The maximum absolute atomic E-state index is 11.3. The molecule has 1 aromatic rings. The van der Waals surface area contributed by atoms with Crippen LogP contribution >= 0.6 is 11.5 Å². The van der Waals surface area contributed by atoms with Crippen molar-refractivity contribution in [1.29, 1.82) is 0 Å². The molecule has 19 heavy (non-hydrogen) atoms. The van der Waals surface area contributed by atoms with Gasteiger partial charge in [0.1, 0.15) is 5.82 Å². The van der Waals surface area contributed by atoms with Gasteiger partial charge >= 0.3 is 5.97 Å². The number of anilines is 1. The molecule has 0 bridgehead atoms. The van der Waals surface area contributed by atoms with E-state index in [4.69, 9.17) is 0 Å². The predicted octanol–water partition coefficient (Wildman–Crippen LogP) is 2.94. The number of carboxylic acids is 1. The molecule has 0 aliphatic heterocycles. The highest BCUT2D eigenvalue weighted by molar-refractivity contribution is 7.09.